The van der Waals surface area contributed by atoms with Crippen LogP contribution in [0.4, 0.5) is 13.2 Å². The first kappa shape index (κ1) is 14.7. The molecule has 0 bridgehead atoms. The highest BCUT2D eigenvalue weighted by molar-refractivity contribution is 14.1. The molecule has 0 amide bonds. The van der Waals surface area contributed by atoms with Crippen LogP contribution in [0.1, 0.15) is 6.42 Å². The summed E-state index contributed by atoms with van der Waals surface area (Å²) in [7, 11) is 0. The first-order valence-corrected chi connectivity index (χ1v) is 6.57. The molecular formula is C10H9ClF3IO2. The third kappa shape index (κ3) is 5.67. The maximum absolute atomic E-state index is 12.0. The van der Waals surface area contributed by atoms with Gasteiger partial charge in [0.2, 0.25) is 0 Å². The molecule has 96 valence electrons. The van der Waals surface area contributed by atoms with Crippen molar-refractivity contribution in [2.24, 2.45) is 0 Å². The predicted molar refractivity (Wildman–Crippen MR) is 67.1 cm³/mol. The van der Waals surface area contributed by atoms with Crippen molar-refractivity contribution in [1.82, 2.24) is 0 Å². The Morgan fingerprint density at radius 2 is 2.00 bits per heavy atom. The number of ether oxygens (including phenoxy) is 2. The fourth-order valence-corrected chi connectivity index (χ4v) is 1.51. The van der Waals surface area contributed by atoms with Crippen LogP contribution in [0.15, 0.2) is 18.2 Å². The average molecular weight is 381 g/mol. The van der Waals surface area contributed by atoms with Crippen LogP contribution in [0.5, 0.6) is 11.5 Å². The van der Waals surface area contributed by atoms with E-state index in [1.165, 1.54) is 6.07 Å². The van der Waals surface area contributed by atoms with E-state index in [1.807, 2.05) is 0 Å². The molecule has 1 rings (SSSR count). The molecule has 1 aromatic rings. The van der Waals surface area contributed by atoms with Crippen molar-refractivity contribution in [3.63, 3.8) is 0 Å². The van der Waals surface area contributed by atoms with Crippen LogP contribution in [0.25, 0.3) is 0 Å². The van der Waals surface area contributed by atoms with Gasteiger partial charge in [0.25, 0.3) is 0 Å². The molecule has 2 nitrogen and oxygen atoms in total. The molecule has 17 heavy (non-hydrogen) atoms. The fraction of sp³-hybridized carbons (Fsp3) is 0.400. The molecule has 0 heterocycles. The van der Waals surface area contributed by atoms with Gasteiger partial charge in [0, 0.05) is 10.5 Å². The maximum Gasteiger partial charge on any atom is 0.573 e. The number of alkyl halides is 4. The van der Waals surface area contributed by atoms with Crippen molar-refractivity contribution < 1.29 is 22.6 Å². The summed E-state index contributed by atoms with van der Waals surface area (Å²) in [6.45, 7) is 0.401. The first-order valence-electron chi connectivity index (χ1n) is 4.66. The highest BCUT2D eigenvalue weighted by atomic mass is 127. The Bertz CT molecular complexity index is 371. The Labute approximate surface area is 115 Å². The molecule has 0 aliphatic carbocycles. The van der Waals surface area contributed by atoms with E-state index in [0.717, 1.165) is 23.0 Å². The molecule has 0 fully saturated rings. The number of hydrogen-bond acceptors (Lipinski definition) is 2. The zero-order valence-corrected chi connectivity index (χ0v) is 11.5. The molecule has 0 atom stereocenters. The Balaban J connectivity index is 2.72. The summed E-state index contributed by atoms with van der Waals surface area (Å²) in [4.78, 5) is 0. The van der Waals surface area contributed by atoms with Crippen LogP contribution in [0.3, 0.4) is 0 Å². The molecular weight excluding hydrogens is 371 g/mol. The van der Waals surface area contributed by atoms with Crippen molar-refractivity contribution in [3.05, 3.63) is 23.2 Å². The van der Waals surface area contributed by atoms with Gasteiger partial charge in [0.15, 0.2) is 0 Å². The average Bonchev–Trinajstić information content (AvgIpc) is 2.21. The lowest BCUT2D eigenvalue weighted by molar-refractivity contribution is -0.274. The Morgan fingerprint density at radius 3 is 2.59 bits per heavy atom. The molecule has 0 radical (unpaired) electrons. The summed E-state index contributed by atoms with van der Waals surface area (Å²) in [6.07, 6.45) is -3.92. The number of halogens is 5. The minimum atomic E-state index is -4.71. The van der Waals surface area contributed by atoms with Gasteiger partial charge in [0.05, 0.1) is 11.6 Å². The summed E-state index contributed by atoms with van der Waals surface area (Å²) in [5.74, 6) is -0.148. The van der Waals surface area contributed by atoms with Crippen LogP contribution in [-0.4, -0.2) is 17.4 Å². The molecule has 0 unspecified atom stereocenters. The molecule has 1 aromatic carbocycles. The lowest BCUT2D eigenvalue weighted by atomic mass is 10.3. The number of benzene rings is 1. The third-order valence-electron chi connectivity index (χ3n) is 1.67. The van der Waals surface area contributed by atoms with E-state index in [2.05, 4.69) is 27.3 Å². The monoisotopic (exact) mass is 380 g/mol. The third-order valence-corrected chi connectivity index (χ3v) is 2.75. The van der Waals surface area contributed by atoms with Gasteiger partial charge in [0.1, 0.15) is 11.5 Å². The van der Waals surface area contributed by atoms with Gasteiger partial charge in [-0.25, -0.2) is 0 Å². The summed E-state index contributed by atoms with van der Waals surface area (Å²) < 4.78 is 45.9. The zero-order chi connectivity index (χ0) is 12.9. The maximum atomic E-state index is 12.0. The SMILES string of the molecule is FC(F)(F)Oc1ccc(Cl)c(OCCCI)c1. The highest BCUT2D eigenvalue weighted by Gasteiger charge is 2.31. The van der Waals surface area contributed by atoms with Gasteiger partial charge in [-0.15, -0.1) is 13.2 Å². The predicted octanol–water partition coefficient (Wildman–Crippen LogP) is 4.44. The van der Waals surface area contributed by atoms with Gasteiger partial charge < -0.3 is 9.47 Å². The smallest absolute Gasteiger partial charge is 0.492 e. The summed E-state index contributed by atoms with van der Waals surface area (Å²) in [5, 5.41) is 0.257. The first-order chi connectivity index (χ1) is 7.92. The van der Waals surface area contributed by atoms with Crippen molar-refractivity contribution in [2.45, 2.75) is 12.8 Å². The van der Waals surface area contributed by atoms with Crippen LogP contribution in [0, 0.1) is 0 Å². The van der Waals surface area contributed by atoms with Crippen molar-refractivity contribution in [1.29, 1.82) is 0 Å². The van der Waals surface area contributed by atoms with Crippen molar-refractivity contribution in [2.75, 3.05) is 11.0 Å². The van der Waals surface area contributed by atoms with E-state index in [9.17, 15) is 13.2 Å². The van der Waals surface area contributed by atoms with E-state index in [-0.39, 0.29) is 16.5 Å². The van der Waals surface area contributed by atoms with Gasteiger partial charge in [-0.2, -0.15) is 0 Å². The fourth-order valence-electron chi connectivity index (χ4n) is 1.03. The van der Waals surface area contributed by atoms with Crippen molar-refractivity contribution in [3.8, 4) is 11.5 Å². The zero-order valence-electron chi connectivity index (χ0n) is 8.56. The van der Waals surface area contributed by atoms with Gasteiger partial charge >= 0.3 is 6.36 Å². The van der Waals surface area contributed by atoms with E-state index in [0.29, 0.717) is 6.61 Å². The van der Waals surface area contributed by atoms with Crippen LogP contribution >= 0.6 is 34.2 Å². The number of rotatable bonds is 5. The largest absolute Gasteiger partial charge is 0.573 e. The lowest BCUT2D eigenvalue weighted by Gasteiger charge is -2.12. The van der Waals surface area contributed by atoms with Crippen LogP contribution in [-0.2, 0) is 0 Å². The lowest BCUT2D eigenvalue weighted by Crippen LogP contribution is -2.17. The number of hydrogen-bond donors (Lipinski definition) is 0. The summed E-state index contributed by atoms with van der Waals surface area (Å²) in [5.41, 5.74) is 0. The second kappa shape index (κ2) is 6.53. The molecule has 0 saturated heterocycles. The van der Waals surface area contributed by atoms with E-state index >= 15 is 0 Å². The Kier molecular flexibility index (Phi) is 5.64. The molecule has 0 spiro atoms. The van der Waals surface area contributed by atoms with Crippen LogP contribution < -0.4 is 9.47 Å². The van der Waals surface area contributed by atoms with E-state index in [1.54, 1.807) is 0 Å². The summed E-state index contributed by atoms with van der Waals surface area (Å²) >= 11 is 7.96. The Hall–Kier alpha value is -0.370. The molecule has 0 aromatic heterocycles. The van der Waals surface area contributed by atoms with E-state index in [4.69, 9.17) is 16.3 Å². The minimum absolute atomic E-state index is 0.193. The second-order valence-corrected chi connectivity index (χ2v) is 4.52. The van der Waals surface area contributed by atoms with Gasteiger partial charge in [-0.1, -0.05) is 34.2 Å². The van der Waals surface area contributed by atoms with Crippen LogP contribution in [0.2, 0.25) is 5.02 Å². The van der Waals surface area contributed by atoms with Crippen molar-refractivity contribution >= 4 is 34.2 Å². The topological polar surface area (TPSA) is 18.5 Å². The van der Waals surface area contributed by atoms with E-state index < -0.39 is 6.36 Å². The molecule has 7 heteroatoms. The molecule has 0 aliphatic heterocycles. The minimum Gasteiger partial charge on any atom is -0.492 e. The highest BCUT2D eigenvalue weighted by Crippen LogP contribution is 2.31. The Morgan fingerprint density at radius 1 is 1.29 bits per heavy atom. The standard InChI is InChI=1S/C10H9ClF3IO2/c11-8-3-2-7(17-10(12,13)14)6-9(8)16-5-1-4-15/h2-3,6H,1,4-5H2. The molecule has 0 aliphatic rings. The second-order valence-electron chi connectivity index (χ2n) is 3.03. The van der Waals surface area contributed by atoms with Gasteiger partial charge in [-0.05, 0) is 18.6 Å². The molecule has 0 saturated carbocycles. The molecule has 0 N–H and O–H groups in total. The normalized spacial score (nSPS) is 11.4. The summed E-state index contributed by atoms with van der Waals surface area (Å²) in [6, 6.07) is 3.58. The quantitative estimate of drug-likeness (QED) is 0.427. The van der Waals surface area contributed by atoms with Gasteiger partial charge in [-0.3, -0.25) is 0 Å².